The Bertz CT molecular complexity index is 851. The van der Waals surface area contributed by atoms with Gasteiger partial charge in [0.15, 0.2) is 6.23 Å². The van der Waals surface area contributed by atoms with Crippen molar-refractivity contribution in [3.05, 3.63) is 32.6 Å². The number of ether oxygens (including phenoxy) is 3. The Morgan fingerprint density at radius 1 is 1.41 bits per heavy atom. The topological polar surface area (TPSA) is 146 Å². The standard InChI is InChI=1S/C13H17Cl2N2O9P/c1-23-8(18)3-6-4-17(13(21)16-11(6)20)12-10(24-2)9(19)7(26-12)5-25-27(14,15)22/h4,7,9-10,12,19H,3,5H2,1-2H3,(H,16,20,21)/t7-,9?,10+,12-/m1/s1. The van der Waals surface area contributed by atoms with E-state index < -0.39 is 54.4 Å². The number of nitrogens with zero attached hydrogens (tertiary/aromatic N) is 1. The number of aromatic nitrogens is 2. The summed E-state index contributed by atoms with van der Waals surface area (Å²) in [5, 5.41) is 10.3. The summed E-state index contributed by atoms with van der Waals surface area (Å²) in [6.07, 6.45) is -7.72. The second-order valence-corrected chi connectivity index (χ2v) is 9.82. The van der Waals surface area contributed by atoms with E-state index in [9.17, 15) is 24.1 Å². The Balaban J connectivity index is 2.33. The predicted molar refractivity (Wildman–Crippen MR) is 93.0 cm³/mol. The molecule has 1 saturated heterocycles. The van der Waals surface area contributed by atoms with Crippen LogP contribution in [0.3, 0.4) is 0 Å². The Morgan fingerprint density at radius 2 is 2.07 bits per heavy atom. The molecule has 1 aliphatic rings. The first-order chi connectivity index (χ1) is 12.6. The molecule has 14 heteroatoms. The molecule has 0 aliphatic carbocycles. The van der Waals surface area contributed by atoms with Gasteiger partial charge in [0.25, 0.3) is 5.56 Å². The van der Waals surface area contributed by atoms with Gasteiger partial charge in [-0.05, 0) is 22.5 Å². The number of aliphatic hydroxyl groups is 1. The van der Waals surface area contributed by atoms with E-state index >= 15 is 0 Å². The summed E-state index contributed by atoms with van der Waals surface area (Å²) in [6, 6.07) is 0. The minimum absolute atomic E-state index is 0.0555. The van der Waals surface area contributed by atoms with Crippen LogP contribution in [0, 0.1) is 0 Å². The molecule has 2 N–H and O–H groups in total. The maximum Gasteiger partial charge on any atom is 0.380 e. The Labute approximate surface area is 162 Å². The number of esters is 1. The van der Waals surface area contributed by atoms with Gasteiger partial charge in [-0.1, -0.05) is 0 Å². The molecule has 1 unspecified atom stereocenters. The van der Waals surface area contributed by atoms with Gasteiger partial charge in [0.05, 0.1) is 20.1 Å². The van der Waals surface area contributed by atoms with Gasteiger partial charge in [0.2, 0.25) is 0 Å². The third-order valence-corrected chi connectivity index (χ3v) is 4.89. The molecule has 4 atom stereocenters. The van der Waals surface area contributed by atoms with Crippen LogP contribution in [0.1, 0.15) is 11.8 Å². The lowest BCUT2D eigenvalue weighted by molar-refractivity contribution is -0.139. The van der Waals surface area contributed by atoms with Crippen LogP contribution >= 0.6 is 28.6 Å². The molecule has 0 aromatic carbocycles. The van der Waals surface area contributed by atoms with Gasteiger partial charge in [-0.15, -0.1) is 0 Å². The zero-order chi connectivity index (χ0) is 20.4. The number of aromatic amines is 1. The molecule has 0 spiro atoms. The number of H-pyrrole nitrogens is 1. The number of hydrogen-bond acceptors (Lipinski definition) is 9. The van der Waals surface area contributed by atoms with Gasteiger partial charge in [-0.2, -0.15) is 0 Å². The molecule has 2 heterocycles. The predicted octanol–water partition coefficient (Wildman–Crippen LogP) is 0.128. The zero-order valence-electron chi connectivity index (χ0n) is 14.2. The third kappa shape index (κ3) is 5.41. The van der Waals surface area contributed by atoms with Gasteiger partial charge >= 0.3 is 17.7 Å². The maximum absolute atomic E-state index is 12.2. The van der Waals surface area contributed by atoms with Crippen LogP contribution in [0.15, 0.2) is 15.8 Å². The second kappa shape index (κ2) is 8.87. The van der Waals surface area contributed by atoms with Crippen molar-refractivity contribution in [2.45, 2.75) is 31.0 Å². The summed E-state index contributed by atoms with van der Waals surface area (Å²) in [5.41, 5.74) is -1.67. The average Bonchev–Trinajstić information content (AvgIpc) is 2.90. The molecule has 11 nitrogen and oxygen atoms in total. The number of carbonyl (C=O) groups is 1. The van der Waals surface area contributed by atoms with E-state index in [0.29, 0.717) is 0 Å². The highest BCUT2D eigenvalue weighted by molar-refractivity contribution is 8.05. The number of carbonyl (C=O) groups excluding carboxylic acids is 1. The van der Waals surface area contributed by atoms with Crippen LogP contribution in [-0.2, 0) is 34.5 Å². The first-order valence-corrected chi connectivity index (χ1v) is 10.9. The Kier molecular flexibility index (Phi) is 7.26. The van der Waals surface area contributed by atoms with E-state index in [0.717, 1.165) is 17.9 Å². The molecule has 152 valence electrons. The summed E-state index contributed by atoms with van der Waals surface area (Å²) in [7, 11) is 2.43. The van der Waals surface area contributed by atoms with E-state index in [2.05, 4.69) is 9.72 Å². The Morgan fingerprint density at radius 3 is 2.63 bits per heavy atom. The second-order valence-electron chi connectivity index (χ2n) is 5.54. The van der Waals surface area contributed by atoms with E-state index in [1.54, 1.807) is 0 Å². The first-order valence-electron chi connectivity index (χ1n) is 7.48. The van der Waals surface area contributed by atoms with Crippen molar-refractivity contribution in [3.8, 4) is 0 Å². The minimum Gasteiger partial charge on any atom is -0.469 e. The largest absolute Gasteiger partial charge is 0.469 e. The lowest BCUT2D eigenvalue weighted by Crippen LogP contribution is -2.40. The van der Waals surface area contributed by atoms with Crippen molar-refractivity contribution in [2.24, 2.45) is 0 Å². The number of hydrogen-bond donors (Lipinski definition) is 2. The summed E-state index contributed by atoms with van der Waals surface area (Å²) < 4.78 is 32.2. The normalized spacial score (nSPS) is 25.5. The van der Waals surface area contributed by atoms with E-state index in [1.807, 2.05) is 0 Å². The fraction of sp³-hybridized carbons (Fsp3) is 0.615. The van der Waals surface area contributed by atoms with Crippen LogP contribution in [0.5, 0.6) is 0 Å². The molecule has 0 radical (unpaired) electrons. The molecule has 0 bridgehead atoms. The van der Waals surface area contributed by atoms with E-state index in [-0.39, 0.29) is 12.0 Å². The van der Waals surface area contributed by atoms with Crippen LogP contribution in [0.25, 0.3) is 0 Å². The molecule has 1 fully saturated rings. The molecule has 27 heavy (non-hydrogen) atoms. The van der Waals surface area contributed by atoms with Crippen LogP contribution < -0.4 is 11.2 Å². The summed E-state index contributed by atoms with van der Waals surface area (Å²) in [6.45, 7) is -0.436. The summed E-state index contributed by atoms with van der Waals surface area (Å²) >= 11 is 10.6. The van der Waals surface area contributed by atoms with Gasteiger partial charge in [-0.3, -0.25) is 23.7 Å². The van der Waals surface area contributed by atoms with Crippen LogP contribution in [0.2, 0.25) is 0 Å². The van der Waals surface area contributed by atoms with Crippen molar-refractivity contribution in [3.63, 3.8) is 0 Å². The number of rotatable bonds is 7. The van der Waals surface area contributed by atoms with Crippen molar-refractivity contribution >= 4 is 34.5 Å². The molecule has 0 amide bonds. The van der Waals surface area contributed by atoms with Crippen LogP contribution in [-0.4, -0.2) is 59.8 Å². The monoisotopic (exact) mass is 446 g/mol. The molecule has 1 aliphatic heterocycles. The van der Waals surface area contributed by atoms with Crippen molar-refractivity contribution < 1.29 is 33.2 Å². The molecule has 1 aromatic rings. The van der Waals surface area contributed by atoms with Gasteiger partial charge in [0, 0.05) is 18.9 Å². The van der Waals surface area contributed by atoms with E-state index in [4.69, 9.17) is 36.5 Å². The van der Waals surface area contributed by atoms with Gasteiger partial charge < -0.3 is 23.8 Å². The zero-order valence-corrected chi connectivity index (χ0v) is 16.6. The average molecular weight is 447 g/mol. The molecule has 1 aromatic heterocycles. The van der Waals surface area contributed by atoms with Gasteiger partial charge in [0.1, 0.15) is 18.3 Å². The summed E-state index contributed by atoms with van der Waals surface area (Å²) in [4.78, 5) is 37.5. The summed E-state index contributed by atoms with van der Waals surface area (Å²) in [5.74, 6) is -0.687. The minimum atomic E-state index is -3.86. The van der Waals surface area contributed by atoms with Crippen LogP contribution in [0.4, 0.5) is 0 Å². The molecule has 0 saturated carbocycles. The van der Waals surface area contributed by atoms with Crippen molar-refractivity contribution in [1.82, 2.24) is 9.55 Å². The first kappa shape index (κ1) is 22.1. The van der Waals surface area contributed by atoms with Crippen molar-refractivity contribution in [1.29, 1.82) is 0 Å². The van der Waals surface area contributed by atoms with E-state index in [1.165, 1.54) is 7.11 Å². The number of aliphatic hydroxyl groups excluding tert-OH is 1. The molecular weight excluding hydrogens is 430 g/mol. The SMILES string of the molecule is COC(=O)Cc1cn([C@@H]2O[C@H](COP(=O)(Cl)Cl)C(O)[C@@H]2OC)c(=O)[nH]c1=O. The Hall–Kier alpha value is -1.20. The quantitative estimate of drug-likeness (QED) is 0.440. The van der Waals surface area contributed by atoms with Gasteiger partial charge in [-0.25, -0.2) is 4.79 Å². The highest BCUT2D eigenvalue weighted by atomic mass is 35.9. The highest BCUT2D eigenvalue weighted by Crippen LogP contribution is 2.57. The highest BCUT2D eigenvalue weighted by Gasteiger charge is 2.46. The lowest BCUT2D eigenvalue weighted by atomic mass is 10.1. The fourth-order valence-corrected chi connectivity index (χ4v) is 3.22. The maximum atomic E-state index is 12.2. The lowest BCUT2D eigenvalue weighted by Gasteiger charge is -2.20. The third-order valence-electron chi connectivity index (χ3n) is 3.85. The molecule has 2 rings (SSSR count). The smallest absolute Gasteiger partial charge is 0.380 e. The number of halogens is 2. The number of methoxy groups -OCH3 is 2. The van der Waals surface area contributed by atoms with Crippen molar-refractivity contribution in [2.75, 3.05) is 20.8 Å². The molecular formula is C13H17Cl2N2O9P. The fourth-order valence-electron chi connectivity index (χ4n) is 2.56. The number of nitrogens with one attached hydrogen (secondary N) is 1.